The van der Waals surface area contributed by atoms with Crippen LogP contribution in [0.4, 0.5) is 11.5 Å². The van der Waals surface area contributed by atoms with Gasteiger partial charge in [-0.1, -0.05) is 30.8 Å². The van der Waals surface area contributed by atoms with E-state index in [4.69, 9.17) is 4.74 Å². The molecule has 1 aliphatic heterocycles. The van der Waals surface area contributed by atoms with Crippen molar-refractivity contribution in [1.82, 2.24) is 19.5 Å². The molecule has 8 nitrogen and oxygen atoms in total. The number of amides is 1. The quantitative estimate of drug-likeness (QED) is 0.280. The van der Waals surface area contributed by atoms with Crippen molar-refractivity contribution in [2.75, 3.05) is 10.6 Å². The molecule has 0 saturated heterocycles. The van der Waals surface area contributed by atoms with Gasteiger partial charge in [-0.15, -0.1) is 0 Å². The van der Waals surface area contributed by atoms with Gasteiger partial charge in [0.1, 0.15) is 23.5 Å². The number of carbonyl (C=O) groups excluding carboxylic acids is 1. The zero-order chi connectivity index (χ0) is 26.4. The highest BCUT2D eigenvalue weighted by Crippen LogP contribution is 2.46. The van der Waals surface area contributed by atoms with E-state index in [1.165, 1.54) is 6.08 Å². The van der Waals surface area contributed by atoms with Gasteiger partial charge in [-0.2, -0.15) is 0 Å². The third kappa shape index (κ3) is 3.96. The van der Waals surface area contributed by atoms with Crippen molar-refractivity contribution in [3.05, 3.63) is 90.4 Å². The van der Waals surface area contributed by atoms with E-state index in [-0.39, 0.29) is 5.91 Å². The molecule has 0 atom stereocenters. The minimum atomic E-state index is -0.247. The Morgan fingerprint density at radius 2 is 1.92 bits per heavy atom. The first kappa shape index (κ1) is 23.4. The normalized spacial score (nSPS) is 11.9. The minimum Gasteiger partial charge on any atom is -0.439 e. The molecule has 38 heavy (non-hydrogen) atoms. The number of anilines is 2. The summed E-state index contributed by atoms with van der Waals surface area (Å²) in [6, 6.07) is 17.8. The zero-order valence-corrected chi connectivity index (χ0v) is 21.4. The molecule has 8 heteroatoms. The number of aryl methyl sites for hydroxylation is 3. The van der Waals surface area contributed by atoms with Gasteiger partial charge < -0.3 is 19.9 Å². The van der Waals surface area contributed by atoms with Gasteiger partial charge >= 0.3 is 0 Å². The summed E-state index contributed by atoms with van der Waals surface area (Å²) in [5, 5.41) is 7.26. The third-order valence-corrected chi connectivity index (χ3v) is 6.92. The molecule has 1 amide bonds. The molecule has 0 aliphatic carbocycles. The summed E-state index contributed by atoms with van der Waals surface area (Å²) in [5.41, 5.74) is 8.82. The number of benzene rings is 2. The Labute approximate surface area is 220 Å². The zero-order valence-electron chi connectivity index (χ0n) is 21.4. The lowest BCUT2D eigenvalue weighted by atomic mass is 9.95. The summed E-state index contributed by atoms with van der Waals surface area (Å²) in [7, 11) is 2.01. The number of fused-ring (bicyclic) bond motifs is 2. The SMILES string of the molecule is C=CC(=O)Nc1ccc(-c2c3c4c(ncnc4n2C)NCc2cc(Oc4ccc(C)c(C)n4)ccc2-3)cc1. The lowest BCUT2D eigenvalue weighted by Crippen LogP contribution is -2.07. The highest BCUT2D eigenvalue weighted by atomic mass is 16.5. The molecular formula is C30H26N6O2. The van der Waals surface area contributed by atoms with Crippen molar-refractivity contribution >= 4 is 28.4 Å². The van der Waals surface area contributed by atoms with Gasteiger partial charge in [-0.25, -0.2) is 15.0 Å². The molecule has 0 fully saturated rings. The van der Waals surface area contributed by atoms with Crippen LogP contribution in [0.3, 0.4) is 0 Å². The Hall–Kier alpha value is -4.98. The van der Waals surface area contributed by atoms with Gasteiger partial charge in [-0.3, -0.25) is 4.79 Å². The first-order valence-electron chi connectivity index (χ1n) is 12.3. The topological polar surface area (TPSA) is 94.0 Å². The molecule has 0 radical (unpaired) electrons. The Morgan fingerprint density at radius 3 is 2.68 bits per heavy atom. The van der Waals surface area contributed by atoms with E-state index in [0.717, 1.165) is 61.8 Å². The maximum atomic E-state index is 11.7. The van der Waals surface area contributed by atoms with E-state index >= 15 is 0 Å². The minimum absolute atomic E-state index is 0.247. The number of nitrogens with one attached hydrogen (secondary N) is 2. The summed E-state index contributed by atoms with van der Waals surface area (Å²) < 4.78 is 8.22. The fourth-order valence-electron chi connectivity index (χ4n) is 4.88. The summed E-state index contributed by atoms with van der Waals surface area (Å²) >= 11 is 0. The molecule has 1 aliphatic rings. The van der Waals surface area contributed by atoms with Crippen LogP contribution < -0.4 is 15.4 Å². The molecule has 0 spiro atoms. The number of rotatable bonds is 5. The maximum absolute atomic E-state index is 11.7. The highest BCUT2D eigenvalue weighted by Gasteiger charge is 2.26. The van der Waals surface area contributed by atoms with E-state index in [2.05, 4.69) is 48.9 Å². The second-order valence-electron chi connectivity index (χ2n) is 9.30. The molecule has 0 bridgehead atoms. The molecule has 5 aromatic rings. The number of hydrogen-bond donors (Lipinski definition) is 2. The summed E-state index contributed by atoms with van der Waals surface area (Å²) in [5.74, 6) is 1.82. The summed E-state index contributed by atoms with van der Waals surface area (Å²) in [6.07, 6.45) is 2.84. The van der Waals surface area contributed by atoms with E-state index < -0.39 is 0 Å². The first-order valence-corrected chi connectivity index (χ1v) is 12.3. The Balaban J connectivity index is 1.47. The highest BCUT2D eigenvalue weighted by molar-refractivity contribution is 6.09. The van der Waals surface area contributed by atoms with Gasteiger partial charge in [-0.05, 0) is 66.4 Å². The number of ether oxygens (including phenoxy) is 1. The van der Waals surface area contributed by atoms with Crippen LogP contribution in [0.15, 0.2) is 73.6 Å². The standard InChI is InChI=1S/C30H26N6O2/c1-5-24(37)35-21-9-7-19(8-10-21)28-26-23-12-11-22(38-25-13-6-17(2)18(3)34-25)14-20(23)15-31-29-27(26)30(36(28)4)33-16-32-29/h5-14,16H,1,15H2,2-4H3,(H,35,37)(H,31,32,33). The number of nitrogens with zero attached hydrogens (tertiary/aromatic N) is 4. The first-order chi connectivity index (χ1) is 18.4. The van der Waals surface area contributed by atoms with Gasteiger partial charge in [0.05, 0.1) is 11.1 Å². The van der Waals surface area contributed by atoms with Gasteiger partial charge in [0.25, 0.3) is 0 Å². The van der Waals surface area contributed by atoms with Crippen LogP contribution in [0, 0.1) is 13.8 Å². The Morgan fingerprint density at radius 1 is 1.11 bits per heavy atom. The van der Waals surface area contributed by atoms with E-state index in [1.807, 2.05) is 63.4 Å². The number of pyridine rings is 1. The van der Waals surface area contributed by atoms with E-state index in [1.54, 1.807) is 6.33 Å². The average molecular weight is 503 g/mol. The van der Waals surface area contributed by atoms with Crippen molar-refractivity contribution in [3.8, 4) is 34.0 Å². The number of aromatic nitrogens is 4. The van der Waals surface area contributed by atoms with Gasteiger partial charge in [0.15, 0.2) is 0 Å². The molecule has 2 aromatic carbocycles. The number of carbonyl (C=O) groups is 1. The van der Waals surface area contributed by atoms with E-state index in [0.29, 0.717) is 18.1 Å². The molecule has 2 N–H and O–H groups in total. The lowest BCUT2D eigenvalue weighted by Gasteiger charge is -2.14. The van der Waals surface area contributed by atoms with Crippen molar-refractivity contribution in [2.24, 2.45) is 7.05 Å². The van der Waals surface area contributed by atoms with Crippen LogP contribution in [0.1, 0.15) is 16.8 Å². The lowest BCUT2D eigenvalue weighted by molar-refractivity contribution is -0.111. The second kappa shape index (κ2) is 9.15. The molecule has 188 valence electrons. The van der Waals surface area contributed by atoms with Crippen molar-refractivity contribution in [1.29, 1.82) is 0 Å². The molecular weight excluding hydrogens is 476 g/mol. The Bertz CT molecular complexity index is 1740. The second-order valence-corrected chi connectivity index (χ2v) is 9.30. The fourth-order valence-corrected chi connectivity index (χ4v) is 4.88. The van der Waals surface area contributed by atoms with Crippen LogP contribution >= 0.6 is 0 Å². The van der Waals surface area contributed by atoms with Gasteiger partial charge in [0, 0.05) is 36.6 Å². The van der Waals surface area contributed by atoms with E-state index in [9.17, 15) is 4.79 Å². The van der Waals surface area contributed by atoms with Crippen LogP contribution in [0.25, 0.3) is 33.4 Å². The monoisotopic (exact) mass is 502 g/mol. The van der Waals surface area contributed by atoms with Crippen molar-refractivity contribution in [2.45, 2.75) is 20.4 Å². The predicted molar refractivity (Wildman–Crippen MR) is 149 cm³/mol. The predicted octanol–water partition coefficient (Wildman–Crippen LogP) is 6.16. The largest absolute Gasteiger partial charge is 0.439 e. The molecule has 6 rings (SSSR count). The third-order valence-electron chi connectivity index (χ3n) is 6.92. The van der Waals surface area contributed by atoms with Crippen LogP contribution in [0.5, 0.6) is 11.6 Å². The Kier molecular flexibility index (Phi) is 5.64. The molecule has 0 unspecified atom stereocenters. The molecule has 0 saturated carbocycles. The molecule has 3 aromatic heterocycles. The van der Waals surface area contributed by atoms with Crippen LogP contribution in [0.2, 0.25) is 0 Å². The summed E-state index contributed by atoms with van der Waals surface area (Å²) in [4.78, 5) is 25.5. The van der Waals surface area contributed by atoms with Crippen molar-refractivity contribution < 1.29 is 9.53 Å². The van der Waals surface area contributed by atoms with Crippen LogP contribution in [-0.2, 0) is 18.4 Å². The number of hydrogen-bond acceptors (Lipinski definition) is 6. The van der Waals surface area contributed by atoms with Crippen molar-refractivity contribution in [3.63, 3.8) is 0 Å². The molecule has 4 heterocycles. The van der Waals surface area contributed by atoms with Gasteiger partial charge in [0.2, 0.25) is 11.8 Å². The van der Waals surface area contributed by atoms with Crippen LogP contribution in [-0.4, -0.2) is 25.4 Å². The maximum Gasteiger partial charge on any atom is 0.247 e. The summed E-state index contributed by atoms with van der Waals surface area (Å²) in [6.45, 7) is 8.11. The smallest absolute Gasteiger partial charge is 0.247 e. The average Bonchev–Trinajstić information content (AvgIpc) is 3.12. The fraction of sp³-hybridized carbons (Fsp3) is 0.133.